The molecule has 0 aliphatic heterocycles. The number of carbonyl (C=O) groups is 2. The van der Waals surface area contributed by atoms with Gasteiger partial charge in [-0.15, -0.1) is 0 Å². The molecule has 0 bridgehead atoms. The predicted molar refractivity (Wildman–Crippen MR) is 125 cm³/mol. The number of aromatic nitrogens is 1. The maximum atomic E-state index is 13.4. The molecule has 0 spiro atoms. The fourth-order valence-electron chi connectivity index (χ4n) is 3.93. The number of carboxylic acids is 1. The topological polar surface area (TPSA) is 96.7 Å². The number of carbonyl (C=O) groups excluding carboxylic acids is 1. The molecule has 164 valence electrons. The smallest absolute Gasteiger partial charge is 0.340 e. The Morgan fingerprint density at radius 1 is 0.788 bits per heavy atom. The number of aromatic hydroxyl groups is 1. The summed E-state index contributed by atoms with van der Waals surface area (Å²) in [6, 6.07) is 21.1. The lowest BCUT2D eigenvalue weighted by molar-refractivity contribution is 0.0528. The van der Waals surface area contributed by atoms with E-state index in [1.165, 1.54) is 6.20 Å². The highest BCUT2D eigenvalue weighted by atomic mass is 16.5. The summed E-state index contributed by atoms with van der Waals surface area (Å²) >= 11 is 0. The van der Waals surface area contributed by atoms with Gasteiger partial charge < -0.3 is 14.9 Å². The van der Waals surface area contributed by atoms with Gasteiger partial charge in [0.15, 0.2) is 0 Å². The number of ether oxygens (including phenoxy) is 1. The van der Waals surface area contributed by atoms with Crippen LogP contribution in [-0.2, 0) is 4.74 Å². The zero-order valence-electron chi connectivity index (χ0n) is 17.9. The number of esters is 1. The zero-order valence-corrected chi connectivity index (χ0v) is 17.9. The summed E-state index contributed by atoms with van der Waals surface area (Å²) in [5.74, 6) is -2.48. The lowest BCUT2D eigenvalue weighted by atomic mass is 9.82. The van der Waals surface area contributed by atoms with Crippen molar-refractivity contribution in [3.8, 4) is 39.1 Å². The maximum Gasteiger partial charge on any atom is 0.340 e. The van der Waals surface area contributed by atoms with E-state index in [1.807, 2.05) is 18.2 Å². The van der Waals surface area contributed by atoms with Crippen molar-refractivity contribution in [1.82, 2.24) is 4.98 Å². The molecule has 0 radical (unpaired) electrons. The van der Waals surface area contributed by atoms with Crippen LogP contribution in [0.15, 0.2) is 85.2 Å². The minimum Gasteiger partial charge on any atom is -0.506 e. The van der Waals surface area contributed by atoms with E-state index in [-0.39, 0.29) is 28.9 Å². The fraction of sp³-hybridized carbons (Fsp3) is 0.0741. The van der Waals surface area contributed by atoms with Crippen LogP contribution in [0.1, 0.15) is 27.6 Å². The normalized spacial score (nSPS) is 10.6. The second-order valence-corrected chi connectivity index (χ2v) is 7.22. The molecule has 0 saturated carbocycles. The molecule has 33 heavy (non-hydrogen) atoms. The molecule has 3 aromatic carbocycles. The third-order valence-electron chi connectivity index (χ3n) is 5.24. The first-order valence-corrected chi connectivity index (χ1v) is 10.4. The number of rotatable bonds is 6. The summed E-state index contributed by atoms with van der Waals surface area (Å²) in [7, 11) is 0. The number of carboxylic acid groups (broad SMARTS) is 1. The van der Waals surface area contributed by atoms with Crippen LogP contribution in [0.3, 0.4) is 0 Å². The van der Waals surface area contributed by atoms with Crippen LogP contribution in [0.5, 0.6) is 5.75 Å². The van der Waals surface area contributed by atoms with Gasteiger partial charge in [0.25, 0.3) is 0 Å². The minimum absolute atomic E-state index is 0.0725. The van der Waals surface area contributed by atoms with Crippen LogP contribution in [0.2, 0.25) is 0 Å². The van der Waals surface area contributed by atoms with Crippen LogP contribution < -0.4 is 0 Å². The van der Waals surface area contributed by atoms with Gasteiger partial charge >= 0.3 is 11.9 Å². The molecule has 0 aliphatic carbocycles. The monoisotopic (exact) mass is 439 g/mol. The number of nitrogens with zero attached hydrogens (tertiary/aromatic N) is 1. The average molecular weight is 439 g/mol. The summed E-state index contributed by atoms with van der Waals surface area (Å²) < 4.78 is 5.39. The van der Waals surface area contributed by atoms with Gasteiger partial charge in [0.1, 0.15) is 11.3 Å². The molecule has 4 aromatic rings. The number of hydrogen-bond acceptors (Lipinski definition) is 5. The first-order chi connectivity index (χ1) is 16.0. The van der Waals surface area contributed by atoms with Crippen LogP contribution >= 0.6 is 0 Å². The van der Waals surface area contributed by atoms with Crippen molar-refractivity contribution in [2.45, 2.75) is 6.92 Å². The third kappa shape index (κ3) is 4.06. The molecular weight excluding hydrogens is 418 g/mol. The molecule has 0 unspecified atom stereocenters. The Bertz CT molecular complexity index is 1300. The lowest BCUT2D eigenvalue weighted by Crippen LogP contribution is -2.14. The van der Waals surface area contributed by atoms with Crippen LogP contribution in [0.25, 0.3) is 33.4 Å². The third-order valence-corrected chi connectivity index (χ3v) is 5.24. The standard InChI is InChI=1S/C27H21NO5/c1-2-33-27(32)23-20(17-10-5-3-6-11-17)22(19-14-9-15-28-16-19)25(29)24(26(30)31)21(23)18-12-7-4-8-13-18/h3-16,29H,2H2,1H3,(H,30,31). The van der Waals surface area contributed by atoms with E-state index in [4.69, 9.17) is 4.74 Å². The highest BCUT2D eigenvalue weighted by Crippen LogP contribution is 2.48. The maximum absolute atomic E-state index is 13.4. The van der Waals surface area contributed by atoms with Crippen molar-refractivity contribution in [3.63, 3.8) is 0 Å². The number of benzene rings is 3. The Morgan fingerprint density at radius 3 is 1.88 bits per heavy atom. The largest absolute Gasteiger partial charge is 0.506 e. The highest BCUT2D eigenvalue weighted by Gasteiger charge is 2.33. The second-order valence-electron chi connectivity index (χ2n) is 7.22. The molecule has 0 amide bonds. The summed E-state index contributed by atoms with van der Waals surface area (Å²) in [5, 5.41) is 21.5. The Labute approximate surface area is 190 Å². The molecule has 6 heteroatoms. The van der Waals surface area contributed by atoms with Crippen molar-refractivity contribution in [3.05, 3.63) is 96.3 Å². The molecular formula is C27H21NO5. The quantitative estimate of drug-likeness (QED) is 0.376. The van der Waals surface area contributed by atoms with Gasteiger partial charge in [0, 0.05) is 34.6 Å². The molecule has 0 fully saturated rings. The first kappa shape index (κ1) is 21.8. The van der Waals surface area contributed by atoms with Crippen LogP contribution in [-0.4, -0.2) is 33.7 Å². The van der Waals surface area contributed by atoms with Crippen molar-refractivity contribution in [1.29, 1.82) is 0 Å². The molecule has 1 heterocycles. The summed E-state index contributed by atoms with van der Waals surface area (Å²) in [6.07, 6.45) is 3.09. The van der Waals surface area contributed by atoms with Crippen molar-refractivity contribution < 1.29 is 24.5 Å². The molecule has 6 nitrogen and oxygen atoms in total. The van der Waals surface area contributed by atoms with E-state index < -0.39 is 17.7 Å². The molecule has 0 saturated heterocycles. The van der Waals surface area contributed by atoms with E-state index in [9.17, 15) is 19.8 Å². The lowest BCUT2D eigenvalue weighted by Gasteiger charge is -2.22. The second kappa shape index (κ2) is 9.36. The Balaban J connectivity index is 2.27. The number of phenols is 1. The summed E-state index contributed by atoms with van der Waals surface area (Å²) in [6.45, 7) is 1.79. The predicted octanol–water partition coefficient (Wildman–Crippen LogP) is 5.66. The SMILES string of the molecule is CCOC(=O)c1c(-c2ccccc2)c(C(=O)O)c(O)c(-c2cccnc2)c1-c1ccccc1. The van der Waals surface area contributed by atoms with Gasteiger partial charge in [0.05, 0.1) is 12.2 Å². The molecule has 1 aromatic heterocycles. The molecule has 2 N–H and O–H groups in total. The summed E-state index contributed by atoms with van der Waals surface area (Å²) in [5.41, 5.74) is 1.96. The van der Waals surface area contributed by atoms with Gasteiger partial charge in [-0.2, -0.15) is 0 Å². The van der Waals surface area contributed by atoms with Gasteiger partial charge in [-0.25, -0.2) is 9.59 Å². The summed E-state index contributed by atoms with van der Waals surface area (Å²) in [4.78, 5) is 30.0. The first-order valence-electron chi connectivity index (χ1n) is 10.4. The van der Waals surface area contributed by atoms with E-state index in [2.05, 4.69) is 4.98 Å². The van der Waals surface area contributed by atoms with Gasteiger partial charge in [-0.3, -0.25) is 4.98 Å². The number of aromatic carboxylic acids is 1. The van der Waals surface area contributed by atoms with Gasteiger partial charge in [-0.05, 0) is 24.1 Å². The zero-order chi connectivity index (χ0) is 23.4. The molecule has 0 aliphatic rings. The minimum atomic E-state index is -1.36. The van der Waals surface area contributed by atoms with Crippen molar-refractivity contribution in [2.24, 2.45) is 0 Å². The fourth-order valence-corrected chi connectivity index (χ4v) is 3.93. The van der Waals surface area contributed by atoms with E-state index in [1.54, 1.807) is 67.7 Å². The highest BCUT2D eigenvalue weighted by molar-refractivity contribution is 6.15. The molecule has 4 rings (SSSR count). The number of hydrogen-bond donors (Lipinski definition) is 2. The van der Waals surface area contributed by atoms with E-state index in [0.29, 0.717) is 22.3 Å². The number of pyridine rings is 1. The Morgan fingerprint density at radius 2 is 1.36 bits per heavy atom. The van der Waals surface area contributed by atoms with Crippen LogP contribution in [0, 0.1) is 0 Å². The molecule has 0 atom stereocenters. The van der Waals surface area contributed by atoms with Gasteiger partial charge in [0.2, 0.25) is 0 Å². The van der Waals surface area contributed by atoms with E-state index in [0.717, 1.165) is 0 Å². The van der Waals surface area contributed by atoms with Crippen molar-refractivity contribution in [2.75, 3.05) is 6.61 Å². The van der Waals surface area contributed by atoms with Gasteiger partial charge in [-0.1, -0.05) is 66.7 Å². The van der Waals surface area contributed by atoms with Crippen LogP contribution in [0.4, 0.5) is 0 Å². The Kier molecular flexibility index (Phi) is 6.17. The van der Waals surface area contributed by atoms with Crippen molar-refractivity contribution >= 4 is 11.9 Å². The van der Waals surface area contributed by atoms with E-state index >= 15 is 0 Å². The Hall–Kier alpha value is -4.45. The average Bonchev–Trinajstić information content (AvgIpc) is 2.84.